The first-order valence-corrected chi connectivity index (χ1v) is 9.18. The summed E-state index contributed by atoms with van der Waals surface area (Å²) in [6.07, 6.45) is 3.17. The molecule has 0 spiro atoms. The molecule has 1 aromatic carbocycles. The van der Waals surface area contributed by atoms with Crippen LogP contribution >= 0.6 is 11.6 Å². The average molecular weight is 399 g/mol. The van der Waals surface area contributed by atoms with Gasteiger partial charge in [0.1, 0.15) is 12.0 Å². The van der Waals surface area contributed by atoms with Gasteiger partial charge in [-0.1, -0.05) is 35.0 Å². The van der Waals surface area contributed by atoms with E-state index in [1.807, 2.05) is 36.6 Å². The number of oxime groups is 1. The van der Waals surface area contributed by atoms with Crippen LogP contribution in [-0.4, -0.2) is 42.1 Å². The molecule has 3 aromatic heterocycles. The molecule has 0 saturated carbocycles. The fourth-order valence-electron chi connectivity index (χ4n) is 3.18. The summed E-state index contributed by atoms with van der Waals surface area (Å²) in [7, 11) is 0. The van der Waals surface area contributed by atoms with E-state index in [0.29, 0.717) is 23.0 Å². The van der Waals surface area contributed by atoms with Gasteiger partial charge in [-0.25, -0.2) is 14.5 Å². The van der Waals surface area contributed by atoms with Crippen molar-refractivity contribution in [2.24, 2.45) is 5.16 Å². The van der Waals surface area contributed by atoms with Gasteiger partial charge in [0.15, 0.2) is 18.1 Å². The molecule has 28 heavy (non-hydrogen) atoms. The quantitative estimate of drug-likeness (QED) is 0.398. The summed E-state index contributed by atoms with van der Waals surface area (Å²) < 4.78 is 3.62. The molecule has 0 amide bonds. The molecule has 0 bridgehead atoms. The largest absolute Gasteiger partial charge is 0.395 e. The zero-order valence-corrected chi connectivity index (χ0v) is 16.3. The van der Waals surface area contributed by atoms with E-state index in [4.69, 9.17) is 16.4 Å². The lowest BCUT2D eigenvalue weighted by Gasteiger charge is -2.04. The number of fused-ring (bicyclic) bond motifs is 3. The third-order valence-electron chi connectivity index (χ3n) is 4.68. The van der Waals surface area contributed by atoms with Crippen molar-refractivity contribution < 1.29 is 9.94 Å². The second-order valence-electron chi connectivity index (χ2n) is 6.35. The number of nitrogens with zero attached hydrogens (tertiary/aromatic N) is 6. The van der Waals surface area contributed by atoms with E-state index in [0.717, 1.165) is 27.9 Å². The van der Waals surface area contributed by atoms with E-state index in [1.165, 1.54) is 0 Å². The Labute approximate surface area is 166 Å². The number of benzene rings is 1. The molecular formula is C19H19ClN6O2. The summed E-state index contributed by atoms with van der Waals surface area (Å²) in [6.45, 7) is 4.69. The fourth-order valence-corrected chi connectivity index (χ4v) is 3.36. The minimum atomic E-state index is 0.0478. The summed E-state index contributed by atoms with van der Waals surface area (Å²) in [6, 6.07) is 7.37. The van der Waals surface area contributed by atoms with Gasteiger partial charge in [0.2, 0.25) is 0 Å². The molecule has 0 atom stereocenters. The monoisotopic (exact) mass is 398 g/mol. The van der Waals surface area contributed by atoms with Crippen LogP contribution in [0.5, 0.6) is 0 Å². The summed E-state index contributed by atoms with van der Waals surface area (Å²) in [4.78, 5) is 14.4. The first-order valence-electron chi connectivity index (χ1n) is 8.80. The van der Waals surface area contributed by atoms with Crippen LogP contribution in [0, 0.1) is 13.8 Å². The lowest BCUT2D eigenvalue weighted by Crippen LogP contribution is -2.05. The molecule has 0 radical (unpaired) electrons. The minimum Gasteiger partial charge on any atom is -0.395 e. The number of aliphatic hydroxyl groups excluding tert-OH is 1. The SMILES string of the molecule is Cc1c(C)n(CCO)c2ncn3nc(CO/N=C/c4ccccc4Cl)nc3c12. The standard InChI is InChI=1S/C19H19ClN6O2/c1-12-13(2)25(7-8-27)18-17(12)19-23-16(24-26(19)11-21-18)10-28-22-9-14-5-3-4-6-15(14)20/h3-6,9,11,27H,7-8,10H2,1-2H3/b22-9+. The van der Waals surface area contributed by atoms with Crippen molar-refractivity contribution in [2.45, 2.75) is 27.0 Å². The smallest absolute Gasteiger partial charge is 0.192 e. The molecule has 4 aromatic rings. The highest BCUT2D eigenvalue weighted by Crippen LogP contribution is 2.26. The van der Waals surface area contributed by atoms with Crippen LogP contribution in [0.3, 0.4) is 0 Å². The third-order valence-corrected chi connectivity index (χ3v) is 5.02. The first-order chi connectivity index (χ1) is 13.6. The fraction of sp³-hybridized carbons (Fsp3) is 0.263. The second-order valence-corrected chi connectivity index (χ2v) is 6.76. The molecule has 4 rings (SSSR count). The lowest BCUT2D eigenvalue weighted by atomic mass is 10.2. The molecule has 0 aliphatic rings. The van der Waals surface area contributed by atoms with Crippen molar-refractivity contribution in [3.63, 3.8) is 0 Å². The number of hydrogen-bond acceptors (Lipinski definition) is 6. The van der Waals surface area contributed by atoms with Gasteiger partial charge in [-0.05, 0) is 25.5 Å². The summed E-state index contributed by atoms with van der Waals surface area (Å²) in [5, 5.41) is 19.2. The zero-order valence-electron chi connectivity index (χ0n) is 15.5. The normalized spacial score (nSPS) is 11.9. The first kappa shape index (κ1) is 18.4. The molecule has 1 N–H and O–H groups in total. The van der Waals surface area contributed by atoms with E-state index >= 15 is 0 Å². The van der Waals surface area contributed by atoms with Gasteiger partial charge >= 0.3 is 0 Å². The molecule has 144 valence electrons. The summed E-state index contributed by atoms with van der Waals surface area (Å²) >= 11 is 6.08. The van der Waals surface area contributed by atoms with Crippen molar-refractivity contribution in [1.82, 2.24) is 24.1 Å². The molecule has 0 saturated heterocycles. The van der Waals surface area contributed by atoms with Crippen LogP contribution in [0.4, 0.5) is 0 Å². The van der Waals surface area contributed by atoms with Gasteiger partial charge in [0.25, 0.3) is 0 Å². The van der Waals surface area contributed by atoms with Gasteiger partial charge in [-0.3, -0.25) is 0 Å². The highest BCUT2D eigenvalue weighted by atomic mass is 35.5. The lowest BCUT2D eigenvalue weighted by molar-refractivity contribution is 0.126. The van der Waals surface area contributed by atoms with Gasteiger partial charge < -0.3 is 14.5 Å². The van der Waals surface area contributed by atoms with E-state index in [9.17, 15) is 5.11 Å². The summed E-state index contributed by atoms with van der Waals surface area (Å²) in [5.41, 5.74) is 4.38. The average Bonchev–Trinajstić information content (AvgIpc) is 3.21. The van der Waals surface area contributed by atoms with E-state index in [1.54, 1.807) is 23.1 Å². The van der Waals surface area contributed by atoms with Crippen molar-refractivity contribution >= 4 is 34.5 Å². The van der Waals surface area contributed by atoms with Crippen molar-refractivity contribution in [2.75, 3.05) is 6.61 Å². The minimum absolute atomic E-state index is 0.0478. The molecule has 0 aliphatic carbocycles. The second kappa shape index (κ2) is 7.57. The number of rotatable bonds is 6. The van der Waals surface area contributed by atoms with Crippen LogP contribution in [0.1, 0.15) is 22.6 Å². The van der Waals surface area contributed by atoms with Crippen LogP contribution in [0.2, 0.25) is 5.02 Å². The Hall–Kier alpha value is -2.97. The van der Waals surface area contributed by atoms with Crippen molar-refractivity contribution in [3.8, 4) is 0 Å². The van der Waals surface area contributed by atoms with Crippen LogP contribution in [-0.2, 0) is 18.0 Å². The van der Waals surface area contributed by atoms with E-state index < -0.39 is 0 Å². The predicted octanol–water partition coefficient (Wildman–Crippen LogP) is 2.89. The Kier molecular flexibility index (Phi) is 4.97. The van der Waals surface area contributed by atoms with Crippen LogP contribution < -0.4 is 0 Å². The Morgan fingerprint density at radius 2 is 2.07 bits per heavy atom. The molecule has 0 fully saturated rings. The Balaban J connectivity index is 1.60. The maximum atomic E-state index is 9.33. The third kappa shape index (κ3) is 3.21. The molecular weight excluding hydrogens is 380 g/mol. The van der Waals surface area contributed by atoms with E-state index in [-0.39, 0.29) is 13.2 Å². The maximum Gasteiger partial charge on any atom is 0.192 e. The Bertz CT molecular complexity index is 1180. The summed E-state index contributed by atoms with van der Waals surface area (Å²) in [5.74, 6) is 0.498. The van der Waals surface area contributed by atoms with Crippen molar-refractivity contribution in [3.05, 3.63) is 58.3 Å². The zero-order chi connectivity index (χ0) is 19.7. The van der Waals surface area contributed by atoms with E-state index in [2.05, 4.69) is 20.2 Å². The topological polar surface area (TPSA) is 89.8 Å². The van der Waals surface area contributed by atoms with Crippen LogP contribution in [0.25, 0.3) is 16.7 Å². The predicted molar refractivity (Wildman–Crippen MR) is 107 cm³/mol. The number of aliphatic hydroxyl groups is 1. The van der Waals surface area contributed by atoms with Gasteiger partial charge in [0.05, 0.1) is 18.2 Å². The maximum absolute atomic E-state index is 9.33. The van der Waals surface area contributed by atoms with Gasteiger partial charge in [-0.2, -0.15) is 0 Å². The van der Waals surface area contributed by atoms with Crippen LogP contribution in [0.15, 0.2) is 35.7 Å². The number of aromatic nitrogens is 5. The number of halogens is 1. The molecule has 0 unspecified atom stereocenters. The molecule has 0 aliphatic heterocycles. The number of aryl methyl sites for hydroxylation is 1. The van der Waals surface area contributed by atoms with Crippen molar-refractivity contribution in [1.29, 1.82) is 0 Å². The molecule has 3 heterocycles. The Morgan fingerprint density at radius 1 is 1.25 bits per heavy atom. The highest BCUT2D eigenvalue weighted by Gasteiger charge is 2.17. The number of hydrogen-bond donors (Lipinski definition) is 1. The Morgan fingerprint density at radius 3 is 2.86 bits per heavy atom. The molecule has 8 nitrogen and oxygen atoms in total. The molecule has 9 heteroatoms. The van der Waals surface area contributed by atoms with Gasteiger partial charge in [0, 0.05) is 22.8 Å². The van der Waals surface area contributed by atoms with Gasteiger partial charge in [-0.15, -0.1) is 5.10 Å². The highest BCUT2D eigenvalue weighted by molar-refractivity contribution is 6.33.